The quantitative estimate of drug-likeness (QED) is 0.620. The van der Waals surface area contributed by atoms with Crippen LogP contribution in [0.15, 0.2) is 36.8 Å². The number of benzene rings is 1. The molecule has 3 aromatic rings. The average molecular weight is 359 g/mol. The molecule has 0 unspecified atom stereocenters. The maximum Gasteiger partial charge on any atom is 0.254 e. The molecular formula is C16H15F2N7O. The van der Waals surface area contributed by atoms with Crippen LogP contribution in [0.5, 0.6) is 0 Å². The number of aromatic nitrogens is 4. The van der Waals surface area contributed by atoms with Gasteiger partial charge >= 0.3 is 0 Å². The minimum absolute atomic E-state index is 0.0181. The van der Waals surface area contributed by atoms with Crippen LogP contribution in [-0.4, -0.2) is 25.7 Å². The fourth-order valence-electron chi connectivity index (χ4n) is 2.22. The van der Waals surface area contributed by atoms with Gasteiger partial charge in [-0.15, -0.1) is 0 Å². The predicted molar refractivity (Wildman–Crippen MR) is 90.7 cm³/mol. The summed E-state index contributed by atoms with van der Waals surface area (Å²) in [6, 6.07) is 3.23. The summed E-state index contributed by atoms with van der Waals surface area (Å²) >= 11 is 0. The Labute approximate surface area is 147 Å². The third-order valence-electron chi connectivity index (χ3n) is 3.48. The van der Waals surface area contributed by atoms with E-state index in [0.717, 1.165) is 12.1 Å². The van der Waals surface area contributed by atoms with E-state index < -0.39 is 17.5 Å². The maximum absolute atomic E-state index is 13.8. The first-order valence-corrected chi connectivity index (χ1v) is 7.52. The van der Waals surface area contributed by atoms with Crippen LogP contribution < -0.4 is 16.4 Å². The summed E-state index contributed by atoms with van der Waals surface area (Å²) in [5.41, 5.74) is 6.23. The van der Waals surface area contributed by atoms with Gasteiger partial charge in [0.1, 0.15) is 17.5 Å². The van der Waals surface area contributed by atoms with Gasteiger partial charge in [-0.1, -0.05) is 6.07 Å². The lowest BCUT2D eigenvalue weighted by Gasteiger charge is -2.11. The van der Waals surface area contributed by atoms with Crippen LogP contribution in [0.3, 0.4) is 0 Å². The van der Waals surface area contributed by atoms with Crippen molar-refractivity contribution in [1.29, 1.82) is 0 Å². The second-order valence-electron chi connectivity index (χ2n) is 5.44. The van der Waals surface area contributed by atoms with Gasteiger partial charge in [0, 0.05) is 37.6 Å². The van der Waals surface area contributed by atoms with E-state index in [9.17, 15) is 13.6 Å². The Morgan fingerprint density at radius 2 is 2.12 bits per heavy atom. The van der Waals surface area contributed by atoms with Crippen LogP contribution in [-0.2, 0) is 13.6 Å². The van der Waals surface area contributed by atoms with Gasteiger partial charge in [-0.05, 0) is 6.07 Å². The number of primary amides is 1. The minimum atomic E-state index is -0.736. The maximum atomic E-state index is 13.8. The lowest BCUT2D eigenvalue weighted by Crippen LogP contribution is -2.17. The number of carbonyl (C=O) groups excluding carboxylic acids is 1. The molecule has 2 heterocycles. The molecule has 134 valence electrons. The van der Waals surface area contributed by atoms with E-state index >= 15 is 0 Å². The summed E-state index contributed by atoms with van der Waals surface area (Å²) in [6.45, 7) is -0.0181. The van der Waals surface area contributed by atoms with E-state index in [4.69, 9.17) is 5.73 Å². The first kappa shape index (κ1) is 17.3. The van der Waals surface area contributed by atoms with Crippen LogP contribution in [0.4, 0.5) is 26.2 Å². The van der Waals surface area contributed by atoms with Crippen LogP contribution >= 0.6 is 0 Å². The van der Waals surface area contributed by atoms with E-state index in [1.807, 2.05) is 0 Å². The van der Waals surface area contributed by atoms with Crippen LogP contribution in [0, 0.1) is 11.6 Å². The normalized spacial score (nSPS) is 10.6. The second-order valence-corrected chi connectivity index (χ2v) is 5.44. The van der Waals surface area contributed by atoms with E-state index in [-0.39, 0.29) is 29.4 Å². The Morgan fingerprint density at radius 1 is 1.31 bits per heavy atom. The number of nitrogens with one attached hydrogen (secondary N) is 2. The van der Waals surface area contributed by atoms with Gasteiger partial charge in [-0.2, -0.15) is 10.1 Å². The Kier molecular flexibility index (Phi) is 4.74. The Morgan fingerprint density at radius 3 is 2.77 bits per heavy atom. The lowest BCUT2D eigenvalue weighted by atomic mass is 10.2. The first-order valence-electron chi connectivity index (χ1n) is 7.52. The van der Waals surface area contributed by atoms with E-state index in [1.54, 1.807) is 24.1 Å². The molecule has 0 aliphatic rings. The Hall–Kier alpha value is -3.56. The van der Waals surface area contributed by atoms with Gasteiger partial charge in [0.2, 0.25) is 5.95 Å². The van der Waals surface area contributed by atoms with Crippen LogP contribution in [0.2, 0.25) is 0 Å². The molecule has 0 radical (unpaired) electrons. The number of nitrogens with zero attached hydrogens (tertiary/aromatic N) is 4. The van der Waals surface area contributed by atoms with Crippen molar-refractivity contribution in [3.8, 4) is 0 Å². The summed E-state index contributed by atoms with van der Waals surface area (Å²) in [7, 11) is 1.76. The van der Waals surface area contributed by atoms with Crippen molar-refractivity contribution in [2.24, 2.45) is 12.8 Å². The van der Waals surface area contributed by atoms with Crippen LogP contribution in [0.1, 0.15) is 15.9 Å². The zero-order valence-corrected chi connectivity index (χ0v) is 13.7. The Balaban J connectivity index is 1.83. The zero-order valence-electron chi connectivity index (χ0n) is 13.7. The molecule has 8 nitrogen and oxygen atoms in total. The molecule has 0 atom stereocenters. The number of rotatable bonds is 6. The molecule has 0 aliphatic heterocycles. The van der Waals surface area contributed by atoms with Crippen molar-refractivity contribution in [3.63, 3.8) is 0 Å². The van der Waals surface area contributed by atoms with E-state index in [1.165, 1.54) is 12.3 Å². The fraction of sp³-hybridized carbons (Fsp3) is 0.125. The van der Waals surface area contributed by atoms with Gasteiger partial charge < -0.3 is 16.4 Å². The van der Waals surface area contributed by atoms with Crippen molar-refractivity contribution < 1.29 is 13.6 Å². The number of amides is 1. The molecule has 0 aliphatic carbocycles. The third kappa shape index (κ3) is 3.91. The molecule has 10 heteroatoms. The first-order chi connectivity index (χ1) is 12.4. The van der Waals surface area contributed by atoms with Crippen molar-refractivity contribution in [2.75, 3.05) is 10.6 Å². The summed E-state index contributed by atoms with van der Waals surface area (Å²) < 4.78 is 28.3. The van der Waals surface area contributed by atoms with Crippen molar-refractivity contribution in [1.82, 2.24) is 19.7 Å². The lowest BCUT2D eigenvalue weighted by molar-refractivity contribution is 0.100. The van der Waals surface area contributed by atoms with Crippen LogP contribution in [0.25, 0.3) is 0 Å². The molecule has 0 saturated heterocycles. The summed E-state index contributed by atoms with van der Waals surface area (Å²) in [5.74, 6) is -1.79. The number of nitrogens with two attached hydrogens (primary N) is 1. The number of halogens is 2. The average Bonchev–Trinajstić information content (AvgIpc) is 2.99. The smallest absolute Gasteiger partial charge is 0.254 e. The molecule has 1 aromatic carbocycles. The Bertz CT molecular complexity index is 958. The third-order valence-corrected chi connectivity index (χ3v) is 3.48. The van der Waals surface area contributed by atoms with Gasteiger partial charge in [-0.3, -0.25) is 9.48 Å². The minimum Gasteiger partial charge on any atom is -0.365 e. The van der Waals surface area contributed by atoms with Gasteiger partial charge in [-0.25, -0.2) is 13.8 Å². The summed E-state index contributed by atoms with van der Waals surface area (Å²) in [4.78, 5) is 19.8. The standard InChI is InChI=1S/C16H15F2N7O/c1-25-8-11(6-22-25)23-16-21-7-12(14(19)26)15(24-16)20-5-9-2-3-10(17)4-13(9)18/h2-4,6-8H,5H2,1H3,(H2,19,26)(H2,20,21,23,24). The highest BCUT2D eigenvalue weighted by molar-refractivity contribution is 5.97. The largest absolute Gasteiger partial charge is 0.365 e. The highest BCUT2D eigenvalue weighted by Crippen LogP contribution is 2.18. The number of hydrogen-bond acceptors (Lipinski definition) is 6. The molecule has 0 bridgehead atoms. The predicted octanol–water partition coefficient (Wildman–Crippen LogP) is 1.94. The molecule has 0 spiro atoms. The molecule has 26 heavy (non-hydrogen) atoms. The molecule has 0 saturated carbocycles. The highest BCUT2D eigenvalue weighted by Gasteiger charge is 2.13. The van der Waals surface area contributed by atoms with Gasteiger partial charge in [0.15, 0.2) is 0 Å². The van der Waals surface area contributed by atoms with E-state index in [0.29, 0.717) is 5.69 Å². The van der Waals surface area contributed by atoms with Gasteiger partial charge in [0.25, 0.3) is 5.91 Å². The number of anilines is 3. The molecule has 2 aromatic heterocycles. The zero-order chi connectivity index (χ0) is 18.7. The second kappa shape index (κ2) is 7.13. The summed E-state index contributed by atoms with van der Waals surface area (Å²) in [6.07, 6.45) is 4.55. The molecule has 3 rings (SSSR count). The highest BCUT2D eigenvalue weighted by atomic mass is 19.1. The molecule has 0 fully saturated rings. The number of aryl methyl sites for hydroxylation is 1. The number of carbonyl (C=O) groups is 1. The van der Waals surface area contributed by atoms with Crippen molar-refractivity contribution >= 4 is 23.4 Å². The fourth-order valence-corrected chi connectivity index (χ4v) is 2.22. The van der Waals surface area contributed by atoms with Crippen molar-refractivity contribution in [2.45, 2.75) is 6.54 Å². The topological polar surface area (TPSA) is 111 Å². The van der Waals surface area contributed by atoms with Crippen molar-refractivity contribution in [3.05, 3.63) is 59.6 Å². The monoisotopic (exact) mass is 359 g/mol. The summed E-state index contributed by atoms with van der Waals surface area (Å²) in [5, 5.41) is 9.76. The molecule has 4 N–H and O–H groups in total. The SMILES string of the molecule is Cn1cc(Nc2ncc(C(N)=O)c(NCc3ccc(F)cc3F)n2)cn1. The van der Waals surface area contributed by atoms with Gasteiger partial charge in [0.05, 0.1) is 17.4 Å². The van der Waals surface area contributed by atoms with E-state index in [2.05, 4.69) is 25.7 Å². The number of hydrogen-bond donors (Lipinski definition) is 3. The molecule has 1 amide bonds. The molecular weight excluding hydrogens is 344 g/mol.